The number of ether oxygens (including phenoxy) is 2. The Bertz CT molecular complexity index is 1040. The summed E-state index contributed by atoms with van der Waals surface area (Å²) in [5.74, 6) is -0.392. The van der Waals surface area contributed by atoms with Gasteiger partial charge in [-0.1, -0.05) is 20.8 Å². The molecule has 1 aliphatic rings. The monoisotopic (exact) mass is 477 g/mol. The Morgan fingerprint density at radius 1 is 1.30 bits per heavy atom. The second-order valence-electron chi connectivity index (χ2n) is 8.80. The summed E-state index contributed by atoms with van der Waals surface area (Å²) in [6.07, 6.45) is 3.02. The average Bonchev–Trinajstić information content (AvgIpc) is 2.66. The van der Waals surface area contributed by atoms with Gasteiger partial charge in [0, 0.05) is 37.9 Å². The third kappa shape index (κ3) is 4.18. The number of aryl methyl sites for hydroxylation is 1. The fourth-order valence-corrected chi connectivity index (χ4v) is 4.58. The molecule has 0 saturated carbocycles. The number of carboxylic acid groups (broad SMARTS) is 1. The van der Waals surface area contributed by atoms with Crippen molar-refractivity contribution < 1.29 is 19.4 Å². The highest BCUT2D eigenvalue weighted by molar-refractivity contribution is 9.10. The van der Waals surface area contributed by atoms with Gasteiger partial charge in [-0.25, -0.2) is 4.79 Å². The highest BCUT2D eigenvalue weighted by atomic mass is 79.9. The summed E-state index contributed by atoms with van der Waals surface area (Å²) in [6.45, 7) is 9.55. The SMILES string of the molecule is COCCCOc1cc2c(cc1C)-c1c(Br)c(=O)c(C(=O)O)cn1C(C(C)(C)C)C2. The van der Waals surface area contributed by atoms with Gasteiger partial charge >= 0.3 is 5.97 Å². The van der Waals surface area contributed by atoms with Gasteiger partial charge in [-0.3, -0.25) is 4.79 Å². The number of aromatic nitrogens is 1. The second kappa shape index (κ2) is 8.55. The smallest absolute Gasteiger partial charge is 0.341 e. The third-order valence-electron chi connectivity index (χ3n) is 5.56. The molecule has 1 aromatic carbocycles. The van der Waals surface area contributed by atoms with Crippen LogP contribution in [0.3, 0.4) is 0 Å². The largest absolute Gasteiger partial charge is 0.493 e. The Labute approximate surface area is 185 Å². The molecular formula is C23H28BrNO5. The number of methoxy groups -OCH3 is 1. The van der Waals surface area contributed by atoms with E-state index < -0.39 is 11.4 Å². The zero-order valence-electron chi connectivity index (χ0n) is 18.0. The summed E-state index contributed by atoms with van der Waals surface area (Å²) in [4.78, 5) is 24.4. The van der Waals surface area contributed by atoms with E-state index in [4.69, 9.17) is 9.47 Å². The fourth-order valence-electron chi connectivity index (χ4n) is 3.95. The lowest BCUT2D eigenvalue weighted by Gasteiger charge is -2.39. The molecule has 0 spiro atoms. The molecule has 2 heterocycles. The van der Waals surface area contributed by atoms with Crippen molar-refractivity contribution in [2.45, 2.75) is 46.6 Å². The number of hydrogen-bond acceptors (Lipinski definition) is 4. The van der Waals surface area contributed by atoms with Crippen LogP contribution in [0.5, 0.6) is 5.75 Å². The summed E-state index contributed by atoms with van der Waals surface area (Å²) >= 11 is 3.41. The van der Waals surface area contributed by atoms with Crippen LogP contribution in [0.25, 0.3) is 11.3 Å². The van der Waals surface area contributed by atoms with Crippen LogP contribution in [0.15, 0.2) is 27.6 Å². The number of pyridine rings is 1. The Hall–Kier alpha value is -2.12. The molecule has 0 radical (unpaired) electrons. The molecule has 0 aliphatic carbocycles. The topological polar surface area (TPSA) is 77.8 Å². The number of hydrogen-bond donors (Lipinski definition) is 1. The molecule has 0 saturated heterocycles. The van der Waals surface area contributed by atoms with Gasteiger partial charge in [-0.2, -0.15) is 0 Å². The number of fused-ring (bicyclic) bond motifs is 3. The summed E-state index contributed by atoms with van der Waals surface area (Å²) < 4.78 is 13.3. The number of nitrogens with zero attached hydrogens (tertiary/aromatic N) is 1. The third-order valence-corrected chi connectivity index (χ3v) is 6.30. The van der Waals surface area contributed by atoms with Gasteiger partial charge in [0.05, 0.1) is 16.8 Å². The summed E-state index contributed by atoms with van der Waals surface area (Å²) in [7, 11) is 1.67. The van der Waals surface area contributed by atoms with E-state index in [2.05, 4.69) is 42.8 Å². The molecule has 3 rings (SSSR count). The Kier molecular flexibility index (Phi) is 6.43. The molecule has 6 nitrogen and oxygen atoms in total. The summed E-state index contributed by atoms with van der Waals surface area (Å²) in [6, 6.07) is 4.07. The first-order valence-corrected chi connectivity index (χ1v) is 10.8. The Morgan fingerprint density at radius 3 is 2.60 bits per heavy atom. The minimum Gasteiger partial charge on any atom is -0.493 e. The number of benzene rings is 1. The molecule has 0 bridgehead atoms. The van der Waals surface area contributed by atoms with Crippen LogP contribution in [0.2, 0.25) is 0 Å². The van der Waals surface area contributed by atoms with Crippen molar-refractivity contribution in [1.29, 1.82) is 0 Å². The molecule has 2 aromatic rings. The van der Waals surface area contributed by atoms with Crippen LogP contribution in [0.1, 0.15) is 54.7 Å². The minimum atomic E-state index is -1.22. The molecule has 162 valence electrons. The predicted octanol–water partition coefficient (Wildman–Crippen LogP) is 4.84. The van der Waals surface area contributed by atoms with Crippen molar-refractivity contribution in [3.8, 4) is 17.0 Å². The van der Waals surface area contributed by atoms with Gasteiger partial charge in [0.25, 0.3) is 0 Å². The van der Waals surface area contributed by atoms with Crippen LogP contribution in [-0.4, -0.2) is 36.0 Å². The quantitative estimate of drug-likeness (QED) is 0.601. The molecule has 1 atom stereocenters. The molecule has 1 aliphatic heterocycles. The van der Waals surface area contributed by atoms with Gasteiger partial charge in [-0.15, -0.1) is 0 Å². The van der Waals surface area contributed by atoms with E-state index in [9.17, 15) is 14.7 Å². The molecule has 0 fully saturated rings. The standard InChI is InChI=1S/C23H28BrNO5/c1-13-9-15-14(10-17(13)30-8-6-7-29-5)11-18(23(2,3)4)25-12-16(22(27)28)21(26)19(24)20(15)25/h9-10,12,18H,6-8,11H2,1-5H3,(H,27,28). The first-order chi connectivity index (χ1) is 14.1. The van der Waals surface area contributed by atoms with Crippen LogP contribution in [0, 0.1) is 12.3 Å². The Balaban J connectivity index is 2.18. The minimum absolute atomic E-state index is 0.0148. The van der Waals surface area contributed by atoms with Gasteiger partial charge in [-0.05, 0) is 57.9 Å². The van der Waals surface area contributed by atoms with Crippen LogP contribution in [0.4, 0.5) is 0 Å². The van der Waals surface area contributed by atoms with E-state index in [1.807, 2.05) is 17.6 Å². The van der Waals surface area contributed by atoms with Crippen LogP contribution < -0.4 is 10.2 Å². The van der Waals surface area contributed by atoms with Crippen molar-refractivity contribution in [1.82, 2.24) is 4.57 Å². The van der Waals surface area contributed by atoms with E-state index in [0.717, 1.165) is 41.0 Å². The van der Waals surface area contributed by atoms with Crippen LogP contribution in [-0.2, 0) is 11.2 Å². The van der Waals surface area contributed by atoms with Crippen LogP contribution >= 0.6 is 15.9 Å². The van der Waals surface area contributed by atoms with E-state index in [-0.39, 0.29) is 21.5 Å². The number of carbonyl (C=O) groups is 1. The number of aromatic carboxylic acids is 1. The first-order valence-electron chi connectivity index (χ1n) is 9.99. The maximum atomic E-state index is 12.7. The highest BCUT2D eigenvalue weighted by Gasteiger charge is 2.35. The van der Waals surface area contributed by atoms with Crippen molar-refractivity contribution in [2.75, 3.05) is 20.3 Å². The molecular weight excluding hydrogens is 450 g/mol. The van der Waals surface area contributed by atoms with Gasteiger partial charge in [0.2, 0.25) is 5.43 Å². The summed E-state index contributed by atoms with van der Waals surface area (Å²) in [5, 5.41) is 9.52. The van der Waals surface area contributed by atoms with Gasteiger partial charge < -0.3 is 19.1 Å². The number of carboxylic acids is 1. The first kappa shape index (κ1) is 22.6. The molecule has 7 heteroatoms. The molecule has 1 N–H and O–H groups in total. The van der Waals surface area contributed by atoms with Crippen molar-refractivity contribution in [3.05, 3.63) is 49.7 Å². The maximum absolute atomic E-state index is 12.7. The zero-order valence-corrected chi connectivity index (χ0v) is 19.6. The predicted molar refractivity (Wildman–Crippen MR) is 120 cm³/mol. The number of rotatable bonds is 6. The van der Waals surface area contributed by atoms with Crippen molar-refractivity contribution in [3.63, 3.8) is 0 Å². The van der Waals surface area contributed by atoms with E-state index in [1.165, 1.54) is 6.20 Å². The maximum Gasteiger partial charge on any atom is 0.341 e. The van der Waals surface area contributed by atoms with Gasteiger partial charge in [0.15, 0.2) is 0 Å². The molecule has 30 heavy (non-hydrogen) atoms. The van der Waals surface area contributed by atoms with Gasteiger partial charge in [0.1, 0.15) is 11.3 Å². The Morgan fingerprint density at radius 2 is 2.00 bits per heavy atom. The zero-order chi connectivity index (χ0) is 22.2. The molecule has 0 amide bonds. The molecule has 1 aromatic heterocycles. The second-order valence-corrected chi connectivity index (χ2v) is 9.60. The molecule has 1 unspecified atom stereocenters. The average molecular weight is 478 g/mol. The lowest BCUT2D eigenvalue weighted by molar-refractivity contribution is 0.0693. The normalized spacial score (nSPS) is 15.5. The van der Waals surface area contributed by atoms with E-state index in [1.54, 1.807) is 7.11 Å². The van der Waals surface area contributed by atoms with E-state index in [0.29, 0.717) is 13.2 Å². The summed E-state index contributed by atoms with van der Waals surface area (Å²) in [5.41, 5.74) is 2.82. The lowest BCUT2D eigenvalue weighted by Crippen LogP contribution is -2.33. The number of halogens is 1. The van der Waals surface area contributed by atoms with E-state index >= 15 is 0 Å². The highest BCUT2D eigenvalue weighted by Crippen LogP contribution is 2.46. The van der Waals surface area contributed by atoms with Crippen molar-refractivity contribution >= 4 is 21.9 Å². The van der Waals surface area contributed by atoms with Crippen molar-refractivity contribution in [2.24, 2.45) is 5.41 Å². The fraction of sp³-hybridized carbons (Fsp3) is 0.478. The lowest BCUT2D eigenvalue weighted by atomic mass is 9.78.